The fourth-order valence-corrected chi connectivity index (χ4v) is 8.23. The number of esters is 1. The zero-order chi connectivity index (χ0) is 31.9. The molecule has 6 aromatic rings. The van der Waals surface area contributed by atoms with Crippen LogP contribution in [0.3, 0.4) is 0 Å². The average molecular weight is 647 g/mol. The smallest absolute Gasteiger partial charge is 0.359 e. The first kappa shape index (κ1) is 29.6. The Labute approximate surface area is 270 Å². The predicted octanol–water partition coefficient (Wildman–Crippen LogP) is 7.04. The maximum absolute atomic E-state index is 13.4. The highest BCUT2D eigenvalue weighted by atomic mass is 32.2. The maximum atomic E-state index is 13.4. The van der Waals surface area contributed by atoms with Crippen LogP contribution < -0.4 is 0 Å². The van der Waals surface area contributed by atoms with E-state index in [4.69, 9.17) is 9.84 Å². The van der Waals surface area contributed by atoms with E-state index in [1.807, 2.05) is 70.0 Å². The fraction of sp³-hybridized carbons (Fsp3) is 0.139. The number of fused-ring (bicyclic) bond motifs is 1. The number of allylic oxidation sites excluding steroid dienone is 4. The van der Waals surface area contributed by atoms with Crippen LogP contribution >= 0.6 is 11.3 Å². The van der Waals surface area contributed by atoms with Crippen LogP contribution in [0.1, 0.15) is 28.0 Å². The minimum atomic E-state index is -3.34. The Morgan fingerprint density at radius 3 is 2.26 bits per heavy atom. The third kappa shape index (κ3) is 4.99. The number of imidazole rings is 1. The number of hydrogen-bond acceptors (Lipinski definition) is 7. The van der Waals surface area contributed by atoms with Gasteiger partial charge in [0.25, 0.3) is 0 Å². The van der Waals surface area contributed by atoms with E-state index in [1.54, 1.807) is 18.3 Å². The molecule has 0 N–H and O–H groups in total. The Balaban J connectivity index is 1.46. The van der Waals surface area contributed by atoms with Gasteiger partial charge in [-0.2, -0.15) is 5.10 Å². The number of nitrogens with zero attached hydrogens (tertiary/aromatic N) is 4. The number of aromatic nitrogens is 4. The van der Waals surface area contributed by atoms with E-state index in [2.05, 4.69) is 53.6 Å². The first-order valence-electron chi connectivity index (χ1n) is 14.7. The van der Waals surface area contributed by atoms with Crippen LogP contribution in [0.4, 0.5) is 0 Å². The van der Waals surface area contributed by atoms with Gasteiger partial charge in [0, 0.05) is 35.7 Å². The number of sulfone groups is 1. The molecule has 0 saturated heterocycles. The molecule has 8 nitrogen and oxygen atoms in total. The van der Waals surface area contributed by atoms with Crippen molar-refractivity contribution in [3.05, 3.63) is 145 Å². The van der Waals surface area contributed by atoms with Gasteiger partial charge in [0.15, 0.2) is 15.5 Å². The van der Waals surface area contributed by atoms with Crippen molar-refractivity contribution in [3.8, 4) is 21.7 Å². The van der Waals surface area contributed by atoms with Gasteiger partial charge < -0.3 is 4.74 Å². The van der Waals surface area contributed by atoms with Crippen LogP contribution in [0, 0.1) is 5.92 Å². The third-order valence-corrected chi connectivity index (χ3v) is 11.3. The molecule has 0 spiro atoms. The van der Waals surface area contributed by atoms with Crippen molar-refractivity contribution >= 4 is 32.8 Å². The van der Waals surface area contributed by atoms with Crippen molar-refractivity contribution in [3.63, 3.8) is 0 Å². The van der Waals surface area contributed by atoms with Crippen LogP contribution in [0.15, 0.2) is 132 Å². The van der Waals surface area contributed by atoms with Gasteiger partial charge in [-0.05, 0) is 41.8 Å². The lowest BCUT2D eigenvalue weighted by Crippen LogP contribution is -2.43. The molecule has 1 atom stereocenters. The quantitative estimate of drug-likeness (QED) is 0.165. The molecule has 4 aromatic heterocycles. The normalized spacial score (nSPS) is 15.0. The summed E-state index contributed by atoms with van der Waals surface area (Å²) in [4.78, 5) is 18.7. The van der Waals surface area contributed by atoms with Crippen LogP contribution in [-0.2, 0) is 20.1 Å². The molecule has 0 aliphatic heterocycles. The lowest BCUT2D eigenvalue weighted by atomic mass is 9.70. The molecule has 0 amide bonds. The van der Waals surface area contributed by atoms with Gasteiger partial charge in [-0.1, -0.05) is 85.0 Å². The molecular formula is C36H30N4O4S2. The zero-order valence-corrected chi connectivity index (χ0v) is 26.8. The second-order valence-corrected chi connectivity index (χ2v) is 14.5. The summed E-state index contributed by atoms with van der Waals surface area (Å²) in [7, 11) is -1.99. The van der Waals surface area contributed by atoms with Gasteiger partial charge in [-0.25, -0.2) is 18.2 Å². The summed E-state index contributed by atoms with van der Waals surface area (Å²) in [5.74, 6) is -0.573. The van der Waals surface area contributed by atoms with Gasteiger partial charge in [0.2, 0.25) is 0 Å². The summed E-state index contributed by atoms with van der Waals surface area (Å²) in [5, 5.41) is 5.03. The van der Waals surface area contributed by atoms with E-state index >= 15 is 0 Å². The minimum absolute atomic E-state index is 0.0221. The number of rotatable bonds is 8. The molecular weight excluding hydrogens is 617 g/mol. The Morgan fingerprint density at radius 2 is 1.65 bits per heavy atom. The van der Waals surface area contributed by atoms with Crippen LogP contribution in [0.5, 0.6) is 0 Å². The predicted molar refractivity (Wildman–Crippen MR) is 180 cm³/mol. The second-order valence-electron chi connectivity index (χ2n) is 11.2. The monoisotopic (exact) mass is 646 g/mol. The van der Waals surface area contributed by atoms with Crippen molar-refractivity contribution in [2.75, 3.05) is 13.4 Å². The SMILES string of the molecule is COC(=O)c1nn(C(c2ccccc2)(c2ccccc2)C2C=CC=CC2)cc1-c1ccc2ncc(-c3ccc(S(C)(=O)=O)s3)n2c1. The lowest BCUT2D eigenvalue weighted by Gasteiger charge is -2.41. The molecule has 46 heavy (non-hydrogen) atoms. The summed E-state index contributed by atoms with van der Waals surface area (Å²) >= 11 is 1.19. The van der Waals surface area contributed by atoms with Gasteiger partial charge in [0.1, 0.15) is 15.4 Å². The highest BCUT2D eigenvalue weighted by Crippen LogP contribution is 2.45. The van der Waals surface area contributed by atoms with Crippen LogP contribution in [0.25, 0.3) is 27.3 Å². The van der Waals surface area contributed by atoms with Crippen molar-refractivity contribution in [1.29, 1.82) is 0 Å². The maximum Gasteiger partial charge on any atom is 0.359 e. The molecule has 7 rings (SSSR count). The lowest BCUT2D eigenvalue weighted by molar-refractivity contribution is 0.0592. The zero-order valence-electron chi connectivity index (χ0n) is 25.1. The largest absolute Gasteiger partial charge is 0.464 e. The van der Waals surface area contributed by atoms with E-state index < -0.39 is 21.3 Å². The number of pyridine rings is 1. The highest BCUT2D eigenvalue weighted by Gasteiger charge is 2.44. The number of thiophene rings is 1. The van der Waals surface area contributed by atoms with E-state index in [0.717, 1.165) is 33.7 Å². The minimum Gasteiger partial charge on any atom is -0.464 e. The number of carbonyl (C=O) groups is 1. The highest BCUT2D eigenvalue weighted by molar-refractivity contribution is 7.92. The van der Waals surface area contributed by atoms with Crippen molar-refractivity contribution in [1.82, 2.24) is 19.2 Å². The van der Waals surface area contributed by atoms with E-state index in [9.17, 15) is 13.2 Å². The average Bonchev–Trinajstić information content (AvgIpc) is 3.85. The molecule has 2 aromatic carbocycles. The van der Waals surface area contributed by atoms with Crippen molar-refractivity contribution < 1.29 is 17.9 Å². The van der Waals surface area contributed by atoms with Gasteiger partial charge in [-0.3, -0.25) is 9.08 Å². The Kier molecular flexibility index (Phi) is 7.54. The Morgan fingerprint density at radius 1 is 0.935 bits per heavy atom. The Bertz CT molecular complexity index is 2190. The number of benzene rings is 2. The number of ether oxygens (including phenoxy) is 1. The van der Waals surface area contributed by atoms with E-state index in [1.165, 1.54) is 24.7 Å². The number of methoxy groups -OCH3 is 1. The van der Waals surface area contributed by atoms with Crippen LogP contribution in [-0.4, -0.2) is 46.9 Å². The number of hydrogen-bond donors (Lipinski definition) is 0. The van der Waals surface area contributed by atoms with Gasteiger partial charge in [-0.15, -0.1) is 11.3 Å². The molecule has 230 valence electrons. The first-order valence-corrected chi connectivity index (χ1v) is 17.4. The third-order valence-electron chi connectivity index (χ3n) is 8.42. The standard InChI is InChI=1S/C36H30N4O4S2/c1-44-35(41)34-29(25-18-20-32-37-22-30(39(32)23-25)31-19-21-33(45-31)46(2,42)43)24-40(38-34)36(26-12-6-3-7-13-26,27-14-8-4-9-15-27)28-16-10-5-11-17-28/h3-16,18-24,28H,17H2,1-2H3. The molecule has 1 aliphatic carbocycles. The molecule has 10 heteroatoms. The molecule has 0 saturated carbocycles. The molecule has 1 unspecified atom stereocenters. The number of carbonyl (C=O) groups excluding carboxylic acids is 1. The molecule has 1 aliphatic rings. The van der Waals surface area contributed by atoms with Crippen molar-refractivity contribution in [2.45, 2.75) is 16.2 Å². The fourth-order valence-electron chi connectivity index (χ4n) is 6.30. The van der Waals surface area contributed by atoms with Crippen LogP contribution in [0.2, 0.25) is 0 Å². The van der Waals surface area contributed by atoms with E-state index in [-0.39, 0.29) is 15.8 Å². The molecule has 4 heterocycles. The topological polar surface area (TPSA) is 95.6 Å². The summed E-state index contributed by atoms with van der Waals surface area (Å²) in [6.45, 7) is 0. The summed E-state index contributed by atoms with van der Waals surface area (Å²) in [6.07, 6.45) is 16.0. The van der Waals surface area contributed by atoms with E-state index in [0.29, 0.717) is 11.2 Å². The Hall–Kier alpha value is -5.06. The summed E-state index contributed by atoms with van der Waals surface area (Å²) in [6, 6.07) is 27.7. The molecule has 0 radical (unpaired) electrons. The van der Waals surface area contributed by atoms with Crippen molar-refractivity contribution in [2.24, 2.45) is 5.92 Å². The molecule has 0 fully saturated rings. The summed E-state index contributed by atoms with van der Waals surface area (Å²) < 4.78 is 33.7. The van der Waals surface area contributed by atoms with Gasteiger partial charge in [0.05, 0.1) is 23.9 Å². The molecule has 0 bridgehead atoms. The summed E-state index contributed by atoms with van der Waals surface area (Å²) in [5.41, 5.74) is 4.20. The first-order chi connectivity index (χ1) is 22.3. The van der Waals surface area contributed by atoms with Gasteiger partial charge >= 0.3 is 5.97 Å². The second kappa shape index (κ2) is 11.7.